The lowest BCUT2D eigenvalue weighted by Crippen LogP contribution is -3.00. The minimum absolute atomic E-state index is 0. The van der Waals surface area contributed by atoms with Gasteiger partial charge in [0.05, 0.1) is 17.6 Å². The van der Waals surface area contributed by atoms with Gasteiger partial charge in [-0.3, -0.25) is 5.41 Å². The van der Waals surface area contributed by atoms with Crippen LogP contribution in [-0.2, 0) is 30.7 Å². The molecule has 0 bridgehead atoms. The summed E-state index contributed by atoms with van der Waals surface area (Å²) in [6, 6.07) is 0. The van der Waals surface area contributed by atoms with E-state index in [9.17, 15) is 0 Å². The molecule has 4 heterocycles. The van der Waals surface area contributed by atoms with Crippen molar-refractivity contribution in [1.82, 2.24) is 9.55 Å². The number of hydrogen-bond acceptors (Lipinski definition) is 4. The predicted octanol–water partition coefficient (Wildman–Crippen LogP) is 0.159. The molecule has 0 aliphatic carbocycles. The van der Waals surface area contributed by atoms with Gasteiger partial charge in [-0.2, -0.15) is 0 Å². The lowest BCUT2D eigenvalue weighted by atomic mass is 9.94. The molecular weight excluding hydrogens is 318 g/mol. The Morgan fingerprint density at radius 1 is 1.27 bits per heavy atom. The molecule has 4 rings (SSSR count). The number of rotatable bonds is 0. The van der Waals surface area contributed by atoms with Crippen molar-refractivity contribution in [2.45, 2.75) is 64.7 Å². The van der Waals surface area contributed by atoms with E-state index in [1.807, 2.05) is 0 Å². The third-order valence-electron chi connectivity index (χ3n) is 4.60. The summed E-state index contributed by atoms with van der Waals surface area (Å²) in [5.41, 5.74) is 1.85. The molecule has 1 N–H and O–H groups in total. The lowest BCUT2D eigenvalue weighted by molar-refractivity contribution is -0.0379. The van der Waals surface area contributed by atoms with Gasteiger partial charge >= 0.3 is 0 Å². The zero-order valence-electron chi connectivity index (χ0n) is 13.0. The SMILES string of the molecule is CC1(C)Cc2c(sc3nc4n(c(=N)c23)CCCCC4)CO1.[Cl-]. The number of halogens is 1. The van der Waals surface area contributed by atoms with Crippen molar-refractivity contribution in [2.24, 2.45) is 0 Å². The van der Waals surface area contributed by atoms with Gasteiger partial charge < -0.3 is 21.7 Å². The summed E-state index contributed by atoms with van der Waals surface area (Å²) >= 11 is 1.72. The lowest BCUT2D eigenvalue weighted by Gasteiger charge is -2.30. The van der Waals surface area contributed by atoms with Crippen molar-refractivity contribution in [2.75, 3.05) is 0 Å². The molecule has 0 fully saturated rings. The first-order valence-corrected chi connectivity index (χ1v) is 8.59. The van der Waals surface area contributed by atoms with Crippen LogP contribution in [0.4, 0.5) is 0 Å². The molecule has 0 unspecified atom stereocenters. The number of hydrogen-bond donors (Lipinski definition) is 1. The molecule has 0 aromatic carbocycles. The summed E-state index contributed by atoms with van der Waals surface area (Å²) in [5, 5.41) is 9.77. The minimum atomic E-state index is -0.134. The predicted molar refractivity (Wildman–Crippen MR) is 83.6 cm³/mol. The average molecular weight is 339 g/mol. The summed E-state index contributed by atoms with van der Waals surface area (Å²) < 4.78 is 8.06. The second-order valence-corrected chi connectivity index (χ2v) is 7.83. The van der Waals surface area contributed by atoms with Crippen LogP contribution in [0.2, 0.25) is 0 Å². The zero-order valence-corrected chi connectivity index (χ0v) is 14.6. The highest BCUT2D eigenvalue weighted by molar-refractivity contribution is 7.18. The van der Waals surface area contributed by atoms with Crippen molar-refractivity contribution in [3.05, 3.63) is 21.8 Å². The second kappa shape index (κ2) is 5.62. The van der Waals surface area contributed by atoms with Gasteiger partial charge in [0.2, 0.25) is 0 Å². The standard InChI is InChI=1S/C16H21N3OS.ClH/c1-16(2)8-10-11(9-20-16)21-15-13(10)14(17)19-7-5-3-4-6-12(19)18-15;/h17H,3-9H2,1-2H3;1H/p-1. The van der Waals surface area contributed by atoms with E-state index in [0.717, 1.165) is 41.8 Å². The Morgan fingerprint density at radius 3 is 2.91 bits per heavy atom. The van der Waals surface area contributed by atoms with Gasteiger partial charge in [0.25, 0.3) is 0 Å². The van der Waals surface area contributed by atoms with Crippen LogP contribution in [0.3, 0.4) is 0 Å². The van der Waals surface area contributed by atoms with E-state index >= 15 is 0 Å². The third-order valence-corrected chi connectivity index (χ3v) is 5.70. The molecular formula is C16H21ClN3OS-. The molecule has 0 amide bonds. The molecule has 4 nitrogen and oxygen atoms in total. The Hall–Kier alpha value is -0.910. The van der Waals surface area contributed by atoms with Crippen LogP contribution in [0.1, 0.15) is 49.4 Å². The Balaban J connectivity index is 0.00000144. The molecule has 0 spiro atoms. The topological polar surface area (TPSA) is 50.9 Å². The van der Waals surface area contributed by atoms with Crippen molar-refractivity contribution >= 4 is 21.6 Å². The van der Waals surface area contributed by atoms with Crippen molar-refractivity contribution in [3.8, 4) is 0 Å². The zero-order chi connectivity index (χ0) is 14.6. The van der Waals surface area contributed by atoms with Crippen LogP contribution >= 0.6 is 11.3 Å². The van der Waals surface area contributed by atoms with Gasteiger partial charge in [0.1, 0.15) is 16.1 Å². The van der Waals surface area contributed by atoms with Crippen LogP contribution in [0.5, 0.6) is 0 Å². The van der Waals surface area contributed by atoms with E-state index in [-0.39, 0.29) is 18.0 Å². The maximum absolute atomic E-state index is 8.69. The second-order valence-electron chi connectivity index (χ2n) is 6.75. The monoisotopic (exact) mass is 338 g/mol. The fourth-order valence-electron chi connectivity index (χ4n) is 3.47. The molecule has 0 radical (unpaired) electrons. The highest BCUT2D eigenvalue weighted by atomic mass is 35.5. The Kier molecular flexibility index (Phi) is 4.08. The van der Waals surface area contributed by atoms with Crippen LogP contribution in [-0.4, -0.2) is 15.2 Å². The Labute approximate surface area is 140 Å². The van der Waals surface area contributed by atoms with E-state index in [2.05, 4.69) is 18.4 Å². The molecule has 2 aromatic rings. The Morgan fingerprint density at radius 2 is 2.09 bits per heavy atom. The third kappa shape index (κ3) is 2.49. The van der Waals surface area contributed by atoms with Crippen molar-refractivity contribution < 1.29 is 17.1 Å². The molecule has 2 aliphatic heterocycles. The van der Waals surface area contributed by atoms with Crippen LogP contribution in [0.15, 0.2) is 0 Å². The highest BCUT2D eigenvalue weighted by Gasteiger charge is 2.30. The van der Waals surface area contributed by atoms with Gasteiger partial charge in [-0.05, 0) is 32.3 Å². The van der Waals surface area contributed by atoms with Gasteiger partial charge in [-0.15, -0.1) is 11.3 Å². The van der Waals surface area contributed by atoms with E-state index in [0.29, 0.717) is 12.1 Å². The van der Waals surface area contributed by atoms with E-state index < -0.39 is 0 Å². The molecule has 2 aromatic heterocycles. The van der Waals surface area contributed by atoms with Crippen LogP contribution in [0.25, 0.3) is 10.2 Å². The van der Waals surface area contributed by atoms with Crippen LogP contribution in [0, 0.1) is 5.41 Å². The molecule has 6 heteroatoms. The number of fused-ring (bicyclic) bond motifs is 4. The van der Waals surface area contributed by atoms with Gasteiger partial charge in [-0.1, -0.05) is 6.42 Å². The smallest absolute Gasteiger partial charge is 0.136 e. The number of nitrogens with zero attached hydrogens (tertiary/aromatic N) is 2. The fraction of sp³-hybridized carbons (Fsp3) is 0.625. The highest BCUT2D eigenvalue weighted by Crippen LogP contribution is 2.37. The largest absolute Gasteiger partial charge is 1.00 e. The van der Waals surface area contributed by atoms with Crippen LogP contribution < -0.4 is 17.9 Å². The van der Waals surface area contributed by atoms with Crippen molar-refractivity contribution in [1.29, 1.82) is 5.41 Å². The van der Waals surface area contributed by atoms with Gasteiger partial charge in [-0.25, -0.2) is 4.98 Å². The quantitative estimate of drug-likeness (QED) is 0.744. The van der Waals surface area contributed by atoms with Gasteiger partial charge in [0.15, 0.2) is 0 Å². The molecule has 0 saturated heterocycles. The molecule has 0 saturated carbocycles. The van der Waals surface area contributed by atoms with E-state index in [4.69, 9.17) is 15.1 Å². The first-order chi connectivity index (χ1) is 10.1. The van der Waals surface area contributed by atoms with Crippen molar-refractivity contribution in [3.63, 3.8) is 0 Å². The summed E-state index contributed by atoms with van der Waals surface area (Å²) in [7, 11) is 0. The minimum Gasteiger partial charge on any atom is -1.00 e. The first kappa shape index (κ1) is 16.0. The maximum Gasteiger partial charge on any atom is 0.136 e. The maximum atomic E-state index is 8.69. The molecule has 0 atom stereocenters. The summed E-state index contributed by atoms with van der Waals surface area (Å²) in [5.74, 6) is 1.10. The fourth-order valence-corrected chi connectivity index (χ4v) is 4.59. The average Bonchev–Trinajstić information content (AvgIpc) is 2.62. The molecule has 22 heavy (non-hydrogen) atoms. The molecule has 2 aliphatic rings. The summed E-state index contributed by atoms with van der Waals surface area (Å²) in [4.78, 5) is 7.21. The van der Waals surface area contributed by atoms with E-state index in [1.54, 1.807) is 11.3 Å². The summed E-state index contributed by atoms with van der Waals surface area (Å²) in [6.45, 7) is 5.87. The number of ether oxygens (including phenoxy) is 1. The number of aryl methyl sites for hydroxylation is 1. The number of thiophene rings is 1. The normalized spacial score (nSPS) is 19.9. The first-order valence-electron chi connectivity index (χ1n) is 7.78. The van der Waals surface area contributed by atoms with E-state index in [1.165, 1.54) is 23.3 Å². The summed E-state index contributed by atoms with van der Waals surface area (Å²) in [6.07, 6.45) is 5.49. The molecule has 120 valence electrons. The number of nitrogens with one attached hydrogen (secondary N) is 1. The Bertz CT molecular complexity index is 778. The van der Waals surface area contributed by atoms with Gasteiger partial charge in [0, 0.05) is 24.3 Å². The number of aromatic nitrogens is 2.